The minimum atomic E-state index is -0.714. The molecule has 1 amide bonds. The predicted octanol–water partition coefficient (Wildman–Crippen LogP) is 3.90. The smallest absolute Gasteiger partial charge is 0.306 e. The van der Waals surface area contributed by atoms with Gasteiger partial charge in [-0.1, -0.05) is 30.3 Å². The molecule has 2 aliphatic rings. The van der Waals surface area contributed by atoms with Crippen LogP contribution in [0.1, 0.15) is 49.7 Å². The van der Waals surface area contributed by atoms with Crippen molar-refractivity contribution in [3.8, 4) is 0 Å². The number of piperidine rings is 1. The molecule has 1 aliphatic carbocycles. The third-order valence-electron chi connectivity index (χ3n) is 7.64. The summed E-state index contributed by atoms with van der Waals surface area (Å²) in [5.74, 6) is -0.708. The Labute approximate surface area is 207 Å². The second-order valence-corrected chi connectivity index (χ2v) is 9.83. The Kier molecular flexibility index (Phi) is 8.06. The molecule has 7 nitrogen and oxygen atoms in total. The average Bonchev–Trinajstić information content (AvgIpc) is 2.89. The largest absolute Gasteiger partial charge is 0.481 e. The lowest BCUT2D eigenvalue weighted by Gasteiger charge is -2.40. The number of carboxylic acid groups (broad SMARTS) is 1. The van der Waals surface area contributed by atoms with Gasteiger partial charge in [-0.2, -0.15) is 0 Å². The van der Waals surface area contributed by atoms with Crippen LogP contribution in [0.2, 0.25) is 0 Å². The standard InChI is InChI=1S/C28H36N4O3/c29-26(30)21-6-10-24(11-7-21)31-17-15-22(16-18-31)27(33)32(19-14-20-4-2-1-3-5-20)25-12-8-23(9-13-25)28(34)35/h1-7,10-11,22-23,25H,8-9,12-19H2,(H3,29,30)(H,34,35). The van der Waals surface area contributed by atoms with Crippen LogP contribution in [-0.4, -0.2) is 53.4 Å². The third-order valence-corrected chi connectivity index (χ3v) is 7.64. The fourth-order valence-electron chi connectivity index (χ4n) is 5.47. The van der Waals surface area contributed by atoms with E-state index in [0.29, 0.717) is 24.9 Å². The summed E-state index contributed by atoms with van der Waals surface area (Å²) in [7, 11) is 0. The van der Waals surface area contributed by atoms with E-state index >= 15 is 0 Å². The molecule has 0 radical (unpaired) electrons. The van der Waals surface area contributed by atoms with Crippen LogP contribution < -0.4 is 10.6 Å². The SMILES string of the molecule is N=C(N)c1ccc(N2CCC(C(=O)N(CCc3ccccc3)C3CCC(C(=O)O)CC3)CC2)cc1. The first-order chi connectivity index (χ1) is 16.9. The van der Waals surface area contributed by atoms with E-state index in [-0.39, 0.29) is 29.6 Å². The number of nitrogens with two attached hydrogens (primary N) is 1. The number of nitrogen functional groups attached to an aromatic ring is 1. The summed E-state index contributed by atoms with van der Waals surface area (Å²) < 4.78 is 0. The minimum absolute atomic E-state index is 0.00397. The summed E-state index contributed by atoms with van der Waals surface area (Å²) in [6, 6.07) is 18.1. The van der Waals surface area contributed by atoms with Gasteiger partial charge in [-0.05, 0) is 74.8 Å². The number of aliphatic carboxylic acids is 1. The van der Waals surface area contributed by atoms with Gasteiger partial charge in [-0.25, -0.2) is 0 Å². The lowest BCUT2D eigenvalue weighted by molar-refractivity contribution is -0.144. The summed E-state index contributed by atoms with van der Waals surface area (Å²) in [5.41, 5.74) is 8.59. The van der Waals surface area contributed by atoms with Crippen LogP contribution in [0.3, 0.4) is 0 Å². The van der Waals surface area contributed by atoms with E-state index < -0.39 is 5.97 Å². The zero-order valence-corrected chi connectivity index (χ0v) is 20.2. The maximum Gasteiger partial charge on any atom is 0.306 e. The first-order valence-corrected chi connectivity index (χ1v) is 12.7. The van der Waals surface area contributed by atoms with Crippen molar-refractivity contribution in [1.82, 2.24) is 4.90 Å². The van der Waals surface area contributed by atoms with Crippen LogP contribution in [0.25, 0.3) is 0 Å². The monoisotopic (exact) mass is 476 g/mol. The number of anilines is 1. The molecule has 0 spiro atoms. The van der Waals surface area contributed by atoms with E-state index in [0.717, 1.165) is 50.9 Å². The highest BCUT2D eigenvalue weighted by atomic mass is 16.4. The number of amidine groups is 1. The highest BCUT2D eigenvalue weighted by Gasteiger charge is 2.35. The molecular weight excluding hydrogens is 440 g/mol. The maximum absolute atomic E-state index is 13.8. The number of carbonyl (C=O) groups excluding carboxylic acids is 1. The van der Waals surface area contributed by atoms with E-state index in [1.807, 2.05) is 42.5 Å². The second-order valence-electron chi connectivity index (χ2n) is 9.83. The van der Waals surface area contributed by atoms with Crippen molar-refractivity contribution in [3.05, 3.63) is 65.7 Å². The normalized spacial score (nSPS) is 20.9. The molecule has 0 unspecified atom stereocenters. The number of carbonyl (C=O) groups is 2. The van der Waals surface area contributed by atoms with E-state index in [1.54, 1.807) is 0 Å². The highest BCUT2D eigenvalue weighted by Crippen LogP contribution is 2.31. The zero-order chi connectivity index (χ0) is 24.8. The number of rotatable bonds is 8. The summed E-state index contributed by atoms with van der Waals surface area (Å²) in [6.07, 6.45) is 5.23. The van der Waals surface area contributed by atoms with Gasteiger partial charge < -0.3 is 20.6 Å². The number of amides is 1. The number of hydrogen-bond acceptors (Lipinski definition) is 4. The van der Waals surface area contributed by atoms with Crippen LogP contribution in [0.15, 0.2) is 54.6 Å². The molecule has 1 heterocycles. The Balaban J connectivity index is 1.39. The summed E-state index contributed by atoms with van der Waals surface area (Å²) >= 11 is 0. The van der Waals surface area contributed by atoms with Crippen LogP contribution in [-0.2, 0) is 16.0 Å². The van der Waals surface area contributed by atoms with Crippen molar-refractivity contribution in [2.24, 2.45) is 17.6 Å². The Bertz CT molecular complexity index is 1010. The van der Waals surface area contributed by atoms with Gasteiger partial charge in [0.2, 0.25) is 5.91 Å². The van der Waals surface area contributed by atoms with Crippen molar-refractivity contribution in [3.63, 3.8) is 0 Å². The van der Waals surface area contributed by atoms with Crippen molar-refractivity contribution >= 4 is 23.4 Å². The average molecular weight is 477 g/mol. The molecule has 4 N–H and O–H groups in total. The molecule has 7 heteroatoms. The molecule has 1 aliphatic heterocycles. The third kappa shape index (κ3) is 6.21. The van der Waals surface area contributed by atoms with Gasteiger partial charge in [-0.15, -0.1) is 0 Å². The number of carboxylic acids is 1. The quantitative estimate of drug-likeness (QED) is 0.395. The molecule has 35 heavy (non-hydrogen) atoms. The van der Waals surface area contributed by atoms with Gasteiger partial charge in [0, 0.05) is 42.8 Å². The van der Waals surface area contributed by atoms with Crippen LogP contribution in [0, 0.1) is 17.2 Å². The maximum atomic E-state index is 13.8. The Morgan fingerprint density at radius 2 is 1.54 bits per heavy atom. The van der Waals surface area contributed by atoms with E-state index in [1.165, 1.54) is 5.56 Å². The first kappa shape index (κ1) is 24.8. The number of benzene rings is 2. The molecule has 2 fully saturated rings. The Hall–Kier alpha value is -3.35. The number of nitrogens with zero attached hydrogens (tertiary/aromatic N) is 2. The van der Waals surface area contributed by atoms with E-state index in [9.17, 15) is 14.7 Å². The molecule has 0 aromatic heterocycles. The van der Waals surface area contributed by atoms with Crippen molar-refractivity contribution in [2.75, 3.05) is 24.5 Å². The molecule has 0 atom stereocenters. The Morgan fingerprint density at radius 1 is 0.914 bits per heavy atom. The summed E-state index contributed by atoms with van der Waals surface area (Å²) in [6.45, 7) is 2.31. The van der Waals surface area contributed by atoms with Gasteiger partial charge in [0.15, 0.2) is 0 Å². The minimum Gasteiger partial charge on any atom is -0.481 e. The van der Waals surface area contributed by atoms with Crippen LogP contribution in [0.4, 0.5) is 5.69 Å². The highest BCUT2D eigenvalue weighted by molar-refractivity contribution is 5.95. The van der Waals surface area contributed by atoms with Crippen molar-refractivity contribution in [2.45, 2.75) is 51.0 Å². The molecular formula is C28H36N4O3. The van der Waals surface area contributed by atoms with Crippen LogP contribution in [0.5, 0.6) is 0 Å². The topological polar surface area (TPSA) is 111 Å². The molecule has 2 aromatic carbocycles. The van der Waals surface area contributed by atoms with Gasteiger partial charge in [0.1, 0.15) is 5.84 Å². The van der Waals surface area contributed by atoms with Gasteiger partial charge in [0.05, 0.1) is 5.92 Å². The zero-order valence-electron chi connectivity index (χ0n) is 20.2. The lowest BCUT2D eigenvalue weighted by atomic mass is 9.84. The molecule has 4 rings (SSSR count). The first-order valence-electron chi connectivity index (χ1n) is 12.7. The molecule has 2 aromatic rings. The van der Waals surface area contributed by atoms with E-state index in [2.05, 4.69) is 21.9 Å². The molecule has 1 saturated heterocycles. The molecule has 186 valence electrons. The van der Waals surface area contributed by atoms with Gasteiger partial charge in [0.25, 0.3) is 0 Å². The van der Waals surface area contributed by atoms with Gasteiger partial charge in [-0.3, -0.25) is 15.0 Å². The van der Waals surface area contributed by atoms with Gasteiger partial charge >= 0.3 is 5.97 Å². The summed E-state index contributed by atoms with van der Waals surface area (Å²) in [4.78, 5) is 29.5. The lowest BCUT2D eigenvalue weighted by Crippen LogP contribution is -2.49. The van der Waals surface area contributed by atoms with Crippen molar-refractivity contribution in [1.29, 1.82) is 5.41 Å². The Morgan fingerprint density at radius 3 is 2.11 bits per heavy atom. The second kappa shape index (κ2) is 11.4. The predicted molar refractivity (Wildman–Crippen MR) is 138 cm³/mol. The van der Waals surface area contributed by atoms with Crippen LogP contribution >= 0.6 is 0 Å². The van der Waals surface area contributed by atoms with Crippen molar-refractivity contribution < 1.29 is 14.7 Å². The summed E-state index contributed by atoms with van der Waals surface area (Å²) in [5, 5.41) is 16.9. The molecule has 1 saturated carbocycles. The number of nitrogens with one attached hydrogen (secondary N) is 1. The fourth-order valence-corrected chi connectivity index (χ4v) is 5.47. The fraction of sp³-hybridized carbons (Fsp3) is 0.464. The number of hydrogen-bond donors (Lipinski definition) is 3. The van der Waals surface area contributed by atoms with E-state index in [4.69, 9.17) is 11.1 Å². The molecule has 0 bridgehead atoms.